The standard InChI is InChI=1S/C21H22N4O3/c1-21(2)13-15-7-6-10-18(19(15)28-21)27-12-11-22-20(26)17-14-25(24-23-17)16-8-4-3-5-9-16/h3-10,14H,11-13H2,1-2H3,(H,22,26). The van der Waals surface area contributed by atoms with E-state index < -0.39 is 0 Å². The number of carbonyl (C=O) groups excluding carboxylic acids is 1. The van der Waals surface area contributed by atoms with Crippen LogP contribution in [0, 0.1) is 0 Å². The highest BCUT2D eigenvalue weighted by Crippen LogP contribution is 2.41. The van der Waals surface area contributed by atoms with E-state index in [4.69, 9.17) is 9.47 Å². The Bertz CT molecular complexity index is 982. The molecule has 3 aromatic rings. The molecule has 0 unspecified atom stereocenters. The molecular weight excluding hydrogens is 356 g/mol. The highest BCUT2D eigenvalue weighted by Gasteiger charge is 2.32. The quantitative estimate of drug-likeness (QED) is 0.668. The van der Waals surface area contributed by atoms with Crippen molar-refractivity contribution in [3.63, 3.8) is 0 Å². The summed E-state index contributed by atoms with van der Waals surface area (Å²) in [4.78, 5) is 12.3. The van der Waals surface area contributed by atoms with Crippen LogP contribution in [0.4, 0.5) is 0 Å². The van der Waals surface area contributed by atoms with Crippen LogP contribution < -0.4 is 14.8 Å². The van der Waals surface area contributed by atoms with Gasteiger partial charge >= 0.3 is 0 Å². The maximum absolute atomic E-state index is 12.3. The maximum atomic E-state index is 12.3. The van der Waals surface area contributed by atoms with Gasteiger partial charge in [-0.25, -0.2) is 4.68 Å². The molecule has 28 heavy (non-hydrogen) atoms. The van der Waals surface area contributed by atoms with Crippen molar-refractivity contribution in [2.24, 2.45) is 0 Å². The van der Waals surface area contributed by atoms with E-state index in [2.05, 4.69) is 35.5 Å². The van der Waals surface area contributed by atoms with Crippen molar-refractivity contribution in [3.8, 4) is 17.2 Å². The van der Waals surface area contributed by atoms with Gasteiger partial charge in [-0.1, -0.05) is 35.5 Å². The van der Waals surface area contributed by atoms with E-state index >= 15 is 0 Å². The van der Waals surface area contributed by atoms with Gasteiger partial charge in [0.1, 0.15) is 12.2 Å². The van der Waals surface area contributed by atoms with E-state index in [1.807, 2.05) is 42.5 Å². The van der Waals surface area contributed by atoms with Gasteiger partial charge in [0.05, 0.1) is 18.4 Å². The fraction of sp³-hybridized carbons (Fsp3) is 0.286. The molecule has 0 saturated carbocycles. The van der Waals surface area contributed by atoms with Crippen molar-refractivity contribution in [1.82, 2.24) is 20.3 Å². The average molecular weight is 378 g/mol. The molecule has 0 atom stereocenters. The van der Waals surface area contributed by atoms with Crippen LogP contribution in [0.25, 0.3) is 5.69 Å². The van der Waals surface area contributed by atoms with Crippen molar-refractivity contribution in [2.75, 3.05) is 13.2 Å². The minimum absolute atomic E-state index is 0.222. The minimum atomic E-state index is -0.290. The van der Waals surface area contributed by atoms with Crippen LogP contribution in [0.5, 0.6) is 11.5 Å². The summed E-state index contributed by atoms with van der Waals surface area (Å²) >= 11 is 0. The van der Waals surface area contributed by atoms with E-state index in [1.54, 1.807) is 10.9 Å². The summed E-state index contributed by atoms with van der Waals surface area (Å²) in [5, 5.41) is 10.7. The molecule has 1 amide bonds. The van der Waals surface area contributed by atoms with Crippen LogP contribution in [0.3, 0.4) is 0 Å². The third-order valence-electron chi connectivity index (χ3n) is 4.45. The Hall–Kier alpha value is -3.35. The van der Waals surface area contributed by atoms with E-state index in [0.29, 0.717) is 18.9 Å². The van der Waals surface area contributed by atoms with Crippen LogP contribution in [0.15, 0.2) is 54.7 Å². The van der Waals surface area contributed by atoms with Crippen LogP contribution in [-0.2, 0) is 6.42 Å². The number of hydrogen-bond donors (Lipinski definition) is 1. The molecule has 2 heterocycles. The summed E-state index contributed by atoms with van der Waals surface area (Å²) in [7, 11) is 0. The number of rotatable bonds is 6. The molecule has 1 aliphatic heterocycles. The Morgan fingerprint density at radius 1 is 1.21 bits per heavy atom. The lowest BCUT2D eigenvalue weighted by Gasteiger charge is -2.18. The Morgan fingerprint density at radius 3 is 2.86 bits per heavy atom. The number of hydrogen-bond acceptors (Lipinski definition) is 5. The van der Waals surface area contributed by atoms with Crippen molar-refractivity contribution in [2.45, 2.75) is 25.9 Å². The second-order valence-corrected chi connectivity index (χ2v) is 7.27. The number of aromatic nitrogens is 3. The van der Waals surface area contributed by atoms with E-state index in [1.165, 1.54) is 0 Å². The highest BCUT2D eigenvalue weighted by molar-refractivity contribution is 5.91. The molecule has 0 bridgehead atoms. The summed E-state index contributed by atoms with van der Waals surface area (Å²) in [6.07, 6.45) is 2.46. The van der Waals surface area contributed by atoms with Crippen molar-refractivity contribution in [1.29, 1.82) is 0 Å². The largest absolute Gasteiger partial charge is 0.488 e. The molecule has 2 aromatic carbocycles. The van der Waals surface area contributed by atoms with Gasteiger partial charge in [0, 0.05) is 12.0 Å². The van der Waals surface area contributed by atoms with Gasteiger partial charge in [-0.2, -0.15) is 0 Å². The van der Waals surface area contributed by atoms with E-state index in [0.717, 1.165) is 23.4 Å². The molecular formula is C21H22N4O3. The number of nitrogens with one attached hydrogen (secondary N) is 1. The Balaban J connectivity index is 1.31. The number of nitrogens with zero attached hydrogens (tertiary/aromatic N) is 3. The topological polar surface area (TPSA) is 78.3 Å². The van der Waals surface area contributed by atoms with Gasteiger partial charge in [-0.05, 0) is 32.0 Å². The highest BCUT2D eigenvalue weighted by atomic mass is 16.5. The van der Waals surface area contributed by atoms with Crippen molar-refractivity contribution >= 4 is 5.91 Å². The molecule has 0 spiro atoms. The lowest BCUT2D eigenvalue weighted by atomic mass is 10.0. The van der Waals surface area contributed by atoms with Crippen LogP contribution in [-0.4, -0.2) is 39.7 Å². The molecule has 144 valence electrons. The number of amides is 1. The first-order valence-corrected chi connectivity index (χ1v) is 9.21. The molecule has 1 aliphatic rings. The van der Waals surface area contributed by atoms with Crippen LogP contribution >= 0.6 is 0 Å². The normalized spacial score (nSPS) is 14.2. The maximum Gasteiger partial charge on any atom is 0.273 e. The van der Waals surface area contributed by atoms with Gasteiger partial charge < -0.3 is 14.8 Å². The summed E-state index contributed by atoms with van der Waals surface area (Å²) < 4.78 is 13.4. The number of carbonyl (C=O) groups is 1. The van der Waals surface area contributed by atoms with Crippen LogP contribution in [0.1, 0.15) is 29.9 Å². The first-order valence-electron chi connectivity index (χ1n) is 9.21. The molecule has 7 nitrogen and oxygen atoms in total. The molecule has 0 fully saturated rings. The van der Waals surface area contributed by atoms with E-state index in [9.17, 15) is 4.79 Å². The second-order valence-electron chi connectivity index (χ2n) is 7.27. The smallest absolute Gasteiger partial charge is 0.273 e. The molecule has 4 rings (SSSR count). The number of fused-ring (bicyclic) bond motifs is 1. The number of ether oxygens (including phenoxy) is 2. The third-order valence-corrected chi connectivity index (χ3v) is 4.45. The predicted molar refractivity (Wildman–Crippen MR) is 104 cm³/mol. The lowest BCUT2D eigenvalue weighted by Crippen LogP contribution is -2.28. The Labute approximate surface area is 163 Å². The Morgan fingerprint density at radius 2 is 2.04 bits per heavy atom. The third kappa shape index (κ3) is 3.83. The second kappa shape index (κ2) is 7.34. The number of benzene rings is 2. The monoisotopic (exact) mass is 378 g/mol. The fourth-order valence-corrected chi connectivity index (χ4v) is 3.19. The minimum Gasteiger partial charge on any atom is -0.488 e. The predicted octanol–water partition coefficient (Wildman–Crippen LogP) is 2.79. The summed E-state index contributed by atoms with van der Waals surface area (Å²) in [6.45, 7) is 4.79. The molecule has 1 N–H and O–H groups in total. The first-order chi connectivity index (χ1) is 13.5. The fourth-order valence-electron chi connectivity index (χ4n) is 3.19. The Kier molecular flexibility index (Phi) is 4.73. The average Bonchev–Trinajstić information content (AvgIpc) is 3.29. The summed E-state index contributed by atoms with van der Waals surface area (Å²) in [5.74, 6) is 1.21. The summed E-state index contributed by atoms with van der Waals surface area (Å²) in [6, 6.07) is 15.4. The van der Waals surface area contributed by atoms with E-state index in [-0.39, 0.29) is 17.2 Å². The van der Waals surface area contributed by atoms with Gasteiger partial charge in [0.25, 0.3) is 5.91 Å². The zero-order valence-electron chi connectivity index (χ0n) is 15.9. The SMILES string of the molecule is CC1(C)Cc2cccc(OCCNC(=O)c3cn(-c4ccccc4)nn3)c2O1. The molecule has 0 saturated heterocycles. The first kappa shape index (κ1) is 18.0. The van der Waals surface area contributed by atoms with Gasteiger partial charge in [0.15, 0.2) is 17.2 Å². The van der Waals surface area contributed by atoms with Crippen LogP contribution in [0.2, 0.25) is 0 Å². The van der Waals surface area contributed by atoms with Gasteiger partial charge in [-0.3, -0.25) is 4.79 Å². The zero-order chi connectivity index (χ0) is 19.6. The lowest BCUT2D eigenvalue weighted by molar-refractivity contribution is 0.0941. The molecule has 7 heteroatoms. The van der Waals surface area contributed by atoms with Crippen molar-refractivity contribution in [3.05, 3.63) is 66.0 Å². The van der Waals surface area contributed by atoms with Gasteiger partial charge in [-0.15, -0.1) is 5.10 Å². The van der Waals surface area contributed by atoms with Gasteiger partial charge in [0.2, 0.25) is 0 Å². The molecule has 0 aliphatic carbocycles. The zero-order valence-corrected chi connectivity index (χ0v) is 15.9. The summed E-state index contributed by atoms with van der Waals surface area (Å²) in [5.41, 5.74) is 2.03. The number of para-hydroxylation sites is 2. The van der Waals surface area contributed by atoms with Crippen molar-refractivity contribution < 1.29 is 14.3 Å². The molecule has 0 radical (unpaired) electrons. The molecule has 1 aromatic heterocycles.